The van der Waals surface area contributed by atoms with Crippen molar-refractivity contribution in [2.75, 3.05) is 25.1 Å². The number of nitrogens with one attached hydrogen (secondary N) is 1. The molecule has 1 atom stereocenters. The first-order valence-electron chi connectivity index (χ1n) is 9.25. The van der Waals surface area contributed by atoms with Gasteiger partial charge in [0.25, 0.3) is 5.91 Å². The number of methoxy groups -OCH3 is 1. The topological polar surface area (TPSA) is 85.2 Å². The van der Waals surface area contributed by atoms with Crippen molar-refractivity contribution >= 4 is 23.5 Å². The molecule has 1 amide bonds. The maximum atomic E-state index is 12.6. The zero-order valence-corrected chi connectivity index (χ0v) is 16.9. The van der Waals surface area contributed by atoms with Gasteiger partial charge in [0.05, 0.1) is 29.6 Å². The lowest BCUT2D eigenvalue weighted by molar-refractivity contribution is 0.0940. The average molecular weight is 413 g/mol. The van der Waals surface area contributed by atoms with E-state index in [0.717, 1.165) is 24.2 Å². The Kier molecular flexibility index (Phi) is 5.35. The van der Waals surface area contributed by atoms with Crippen LogP contribution in [0.1, 0.15) is 16.8 Å². The predicted molar refractivity (Wildman–Crippen MR) is 110 cm³/mol. The molecule has 2 aromatic heterocycles. The molecule has 0 bridgehead atoms. The van der Waals surface area contributed by atoms with Crippen LogP contribution in [-0.2, 0) is 7.05 Å². The number of carbonyl (C=O) groups excluding carboxylic acids is 1. The van der Waals surface area contributed by atoms with Crippen molar-refractivity contribution in [2.24, 2.45) is 7.05 Å². The summed E-state index contributed by atoms with van der Waals surface area (Å²) in [4.78, 5) is 23.7. The van der Waals surface area contributed by atoms with Crippen LogP contribution >= 0.6 is 11.6 Å². The van der Waals surface area contributed by atoms with Crippen molar-refractivity contribution in [3.63, 3.8) is 0 Å². The number of aryl methyl sites for hydroxylation is 1. The van der Waals surface area contributed by atoms with Gasteiger partial charge in [0.2, 0.25) is 5.95 Å². The average Bonchev–Trinajstić information content (AvgIpc) is 3.37. The van der Waals surface area contributed by atoms with Crippen molar-refractivity contribution in [3.05, 3.63) is 53.4 Å². The van der Waals surface area contributed by atoms with E-state index in [-0.39, 0.29) is 11.9 Å². The first kappa shape index (κ1) is 19.2. The van der Waals surface area contributed by atoms with Crippen LogP contribution in [0, 0.1) is 0 Å². The van der Waals surface area contributed by atoms with Gasteiger partial charge in [-0.2, -0.15) is 5.10 Å². The first-order chi connectivity index (χ1) is 14.0. The number of benzene rings is 1. The summed E-state index contributed by atoms with van der Waals surface area (Å²) in [7, 11) is 3.43. The number of hydrogen-bond donors (Lipinski definition) is 1. The van der Waals surface area contributed by atoms with Gasteiger partial charge in [0.1, 0.15) is 5.75 Å². The quantitative estimate of drug-likeness (QED) is 0.693. The van der Waals surface area contributed by atoms with Gasteiger partial charge >= 0.3 is 0 Å². The normalized spacial score (nSPS) is 16.1. The van der Waals surface area contributed by atoms with E-state index in [1.54, 1.807) is 42.4 Å². The SMILES string of the molecule is COc1ccc(C(=O)NC2CCN(c3nccc(-c4cnn(C)c4)n3)C2)c(Cl)c1. The van der Waals surface area contributed by atoms with Crippen molar-refractivity contribution in [1.82, 2.24) is 25.1 Å². The summed E-state index contributed by atoms with van der Waals surface area (Å²) in [5, 5.41) is 7.60. The van der Waals surface area contributed by atoms with Crippen molar-refractivity contribution in [1.29, 1.82) is 0 Å². The second-order valence-electron chi connectivity index (χ2n) is 6.90. The molecule has 4 rings (SSSR count). The highest BCUT2D eigenvalue weighted by molar-refractivity contribution is 6.34. The summed E-state index contributed by atoms with van der Waals surface area (Å²) in [6.07, 6.45) is 6.24. The minimum absolute atomic E-state index is 0.00804. The molecule has 1 fully saturated rings. The third-order valence-electron chi connectivity index (χ3n) is 4.87. The number of hydrogen-bond acceptors (Lipinski definition) is 6. The van der Waals surface area contributed by atoms with Crippen LogP contribution in [-0.4, -0.2) is 51.9 Å². The fraction of sp³-hybridized carbons (Fsp3) is 0.300. The molecule has 9 heteroatoms. The zero-order valence-electron chi connectivity index (χ0n) is 16.2. The van der Waals surface area contributed by atoms with Crippen molar-refractivity contribution in [3.8, 4) is 17.0 Å². The van der Waals surface area contributed by atoms with Crippen LogP contribution in [0.4, 0.5) is 5.95 Å². The maximum absolute atomic E-state index is 12.6. The smallest absolute Gasteiger partial charge is 0.253 e. The first-order valence-corrected chi connectivity index (χ1v) is 9.62. The molecule has 150 valence electrons. The van der Waals surface area contributed by atoms with Crippen LogP contribution in [0.5, 0.6) is 5.75 Å². The van der Waals surface area contributed by atoms with E-state index in [1.165, 1.54) is 0 Å². The Morgan fingerprint density at radius 2 is 2.21 bits per heavy atom. The summed E-state index contributed by atoms with van der Waals surface area (Å²) in [6, 6.07) is 6.88. The number of carbonyl (C=O) groups is 1. The fourth-order valence-electron chi connectivity index (χ4n) is 3.34. The Hall–Kier alpha value is -3.13. The molecule has 0 radical (unpaired) electrons. The second-order valence-corrected chi connectivity index (χ2v) is 7.30. The van der Waals surface area contributed by atoms with Gasteiger partial charge in [-0.05, 0) is 30.7 Å². The Balaban J connectivity index is 1.42. The molecule has 1 aliphatic rings. The van der Waals surface area contributed by atoms with E-state index in [9.17, 15) is 4.79 Å². The number of anilines is 1. The minimum Gasteiger partial charge on any atom is -0.497 e. The van der Waals surface area contributed by atoms with Crippen LogP contribution < -0.4 is 15.0 Å². The lowest BCUT2D eigenvalue weighted by Crippen LogP contribution is -2.37. The van der Waals surface area contributed by atoms with Crippen LogP contribution in [0.15, 0.2) is 42.9 Å². The molecule has 0 aliphatic carbocycles. The van der Waals surface area contributed by atoms with Gasteiger partial charge in [0, 0.05) is 44.1 Å². The van der Waals surface area contributed by atoms with Crippen LogP contribution in [0.25, 0.3) is 11.3 Å². The third kappa shape index (κ3) is 4.17. The molecule has 0 spiro atoms. The molecule has 8 nitrogen and oxygen atoms in total. The van der Waals surface area contributed by atoms with E-state index < -0.39 is 0 Å². The van der Waals surface area contributed by atoms with E-state index in [0.29, 0.717) is 28.8 Å². The Morgan fingerprint density at radius 1 is 1.34 bits per heavy atom. The highest BCUT2D eigenvalue weighted by Crippen LogP contribution is 2.24. The summed E-state index contributed by atoms with van der Waals surface area (Å²) in [5.74, 6) is 1.06. The van der Waals surface area contributed by atoms with Gasteiger partial charge in [-0.3, -0.25) is 9.48 Å². The predicted octanol–water partition coefficient (Wildman–Crippen LogP) is 2.55. The Labute approximate surface area is 173 Å². The third-order valence-corrected chi connectivity index (χ3v) is 5.18. The summed E-state index contributed by atoms with van der Waals surface area (Å²) < 4.78 is 6.87. The molecular weight excluding hydrogens is 392 g/mol. The van der Waals surface area contributed by atoms with Gasteiger partial charge in [0.15, 0.2) is 0 Å². The molecule has 1 N–H and O–H groups in total. The number of aromatic nitrogens is 4. The van der Waals surface area contributed by atoms with E-state index in [4.69, 9.17) is 16.3 Å². The second kappa shape index (κ2) is 8.08. The molecule has 1 unspecified atom stereocenters. The summed E-state index contributed by atoms with van der Waals surface area (Å²) in [5.41, 5.74) is 2.19. The maximum Gasteiger partial charge on any atom is 0.253 e. The Morgan fingerprint density at radius 3 is 2.93 bits per heavy atom. The molecule has 3 heterocycles. The monoisotopic (exact) mass is 412 g/mol. The molecular formula is C20H21ClN6O2. The van der Waals surface area contributed by atoms with Crippen molar-refractivity contribution in [2.45, 2.75) is 12.5 Å². The highest BCUT2D eigenvalue weighted by atomic mass is 35.5. The number of halogens is 1. The fourth-order valence-corrected chi connectivity index (χ4v) is 3.60. The zero-order chi connectivity index (χ0) is 20.4. The molecule has 1 aromatic carbocycles. The molecule has 3 aromatic rings. The minimum atomic E-state index is -0.200. The number of amides is 1. The van der Waals surface area contributed by atoms with Crippen LogP contribution in [0.2, 0.25) is 5.02 Å². The number of rotatable bonds is 5. The highest BCUT2D eigenvalue weighted by Gasteiger charge is 2.26. The van der Waals surface area contributed by atoms with E-state index in [2.05, 4.69) is 25.3 Å². The van der Waals surface area contributed by atoms with Gasteiger partial charge < -0.3 is 15.0 Å². The van der Waals surface area contributed by atoms with E-state index in [1.807, 2.05) is 19.3 Å². The van der Waals surface area contributed by atoms with Crippen LogP contribution in [0.3, 0.4) is 0 Å². The van der Waals surface area contributed by atoms with Crippen molar-refractivity contribution < 1.29 is 9.53 Å². The molecule has 29 heavy (non-hydrogen) atoms. The lowest BCUT2D eigenvalue weighted by atomic mass is 10.1. The summed E-state index contributed by atoms with van der Waals surface area (Å²) in [6.45, 7) is 1.40. The standard InChI is InChI=1S/C20H21ClN6O2/c1-26-11-13(10-23-26)18-5-7-22-20(25-18)27-8-6-14(12-27)24-19(28)16-4-3-15(29-2)9-17(16)21/h3-5,7,9-11,14H,6,8,12H2,1-2H3,(H,24,28). The number of ether oxygens (including phenoxy) is 1. The Bertz CT molecular complexity index is 1040. The van der Waals surface area contributed by atoms with Gasteiger partial charge in [-0.25, -0.2) is 9.97 Å². The molecule has 1 aliphatic heterocycles. The molecule has 0 saturated carbocycles. The summed E-state index contributed by atoms with van der Waals surface area (Å²) >= 11 is 6.21. The number of nitrogens with zero attached hydrogens (tertiary/aromatic N) is 5. The molecule has 1 saturated heterocycles. The largest absolute Gasteiger partial charge is 0.497 e. The van der Waals surface area contributed by atoms with Gasteiger partial charge in [-0.1, -0.05) is 11.6 Å². The van der Waals surface area contributed by atoms with E-state index >= 15 is 0 Å². The van der Waals surface area contributed by atoms with Gasteiger partial charge in [-0.15, -0.1) is 0 Å². The lowest BCUT2D eigenvalue weighted by Gasteiger charge is -2.17.